The quantitative estimate of drug-likeness (QED) is 0.489. The lowest BCUT2D eigenvalue weighted by molar-refractivity contribution is 0.269. The molecule has 0 nitrogen and oxygen atoms in total. The van der Waals surface area contributed by atoms with Crippen LogP contribution < -0.4 is 0 Å². The van der Waals surface area contributed by atoms with Crippen molar-refractivity contribution in [3.63, 3.8) is 0 Å². The molecule has 0 amide bonds. The van der Waals surface area contributed by atoms with E-state index < -0.39 is 0 Å². The van der Waals surface area contributed by atoms with Crippen molar-refractivity contribution >= 4 is 34.2 Å². The van der Waals surface area contributed by atoms with Gasteiger partial charge in [0.2, 0.25) is 0 Å². The lowest BCUT2D eigenvalue weighted by Crippen LogP contribution is -2.25. The first-order chi connectivity index (χ1) is 7.15. The molecule has 0 aromatic carbocycles. The van der Waals surface area contributed by atoms with E-state index in [2.05, 4.69) is 29.5 Å². The van der Waals surface area contributed by atoms with Gasteiger partial charge in [0.05, 0.1) is 0 Å². The van der Waals surface area contributed by atoms with Gasteiger partial charge in [-0.15, -0.1) is 11.6 Å². The molecule has 2 rings (SSSR count). The first-order valence-corrected chi connectivity index (χ1v) is 8.11. The Bertz CT molecular complexity index is 197. The molecule has 0 heterocycles. The van der Waals surface area contributed by atoms with Crippen molar-refractivity contribution in [1.29, 1.82) is 0 Å². The molecule has 2 fully saturated rings. The van der Waals surface area contributed by atoms with Gasteiger partial charge < -0.3 is 0 Å². The van der Waals surface area contributed by atoms with Gasteiger partial charge in [0.15, 0.2) is 0 Å². The summed E-state index contributed by atoms with van der Waals surface area (Å²) in [7, 11) is 0. The Morgan fingerprint density at radius 3 is 2.60 bits per heavy atom. The van der Waals surface area contributed by atoms with Crippen LogP contribution >= 0.6 is 34.2 Å². The van der Waals surface area contributed by atoms with E-state index in [1.165, 1.54) is 44.9 Å². The van der Waals surface area contributed by atoms with E-state index in [0.717, 1.165) is 21.7 Å². The van der Waals surface area contributed by atoms with E-state index in [0.29, 0.717) is 5.38 Å². The van der Waals surface area contributed by atoms with Crippen LogP contribution in [0.25, 0.3) is 0 Å². The molecule has 2 aliphatic carbocycles. The Labute approximate surface area is 113 Å². The average Bonchev–Trinajstić information content (AvgIpc) is 2.50. The zero-order valence-electron chi connectivity index (χ0n) is 9.59. The van der Waals surface area contributed by atoms with E-state index in [9.17, 15) is 0 Å². The zero-order chi connectivity index (χ0) is 10.8. The van der Waals surface area contributed by atoms with Crippen LogP contribution in [0.15, 0.2) is 0 Å². The molecule has 0 N–H and O–H groups in total. The van der Waals surface area contributed by atoms with Gasteiger partial charge in [-0.3, -0.25) is 0 Å². The third-order valence-electron chi connectivity index (χ3n) is 4.36. The Balaban J connectivity index is 1.83. The summed E-state index contributed by atoms with van der Waals surface area (Å²) in [6, 6.07) is 0. The van der Waals surface area contributed by atoms with Gasteiger partial charge in [0, 0.05) is 9.30 Å². The monoisotopic (exact) mass is 340 g/mol. The second-order valence-electron chi connectivity index (χ2n) is 5.67. The number of rotatable bonds is 2. The lowest BCUT2D eigenvalue weighted by atomic mass is 9.80. The van der Waals surface area contributed by atoms with Crippen LogP contribution in [0.1, 0.15) is 51.9 Å². The van der Waals surface area contributed by atoms with E-state index in [1.54, 1.807) is 0 Å². The second kappa shape index (κ2) is 5.57. The van der Waals surface area contributed by atoms with Gasteiger partial charge in [0.1, 0.15) is 0 Å². The highest BCUT2D eigenvalue weighted by molar-refractivity contribution is 14.1. The van der Waals surface area contributed by atoms with Crippen LogP contribution in [-0.4, -0.2) is 9.30 Å². The summed E-state index contributed by atoms with van der Waals surface area (Å²) < 4.78 is 0.834. The molecule has 88 valence electrons. The van der Waals surface area contributed by atoms with Crippen LogP contribution in [0.2, 0.25) is 0 Å². The topological polar surface area (TPSA) is 0 Å². The molecule has 2 aliphatic rings. The van der Waals surface area contributed by atoms with E-state index in [4.69, 9.17) is 11.6 Å². The van der Waals surface area contributed by atoms with Gasteiger partial charge in [-0.25, -0.2) is 0 Å². The van der Waals surface area contributed by atoms with Crippen molar-refractivity contribution in [2.45, 2.75) is 61.2 Å². The smallest absolute Gasteiger partial charge is 0.0348 e. The van der Waals surface area contributed by atoms with Gasteiger partial charge >= 0.3 is 0 Å². The Hall–Kier alpha value is 1.02. The Morgan fingerprint density at radius 1 is 1.20 bits per heavy atom. The van der Waals surface area contributed by atoms with Crippen molar-refractivity contribution in [2.75, 3.05) is 0 Å². The molecule has 5 unspecified atom stereocenters. The van der Waals surface area contributed by atoms with E-state index >= 15 is 0 Å². The Kier molecular flexibility index (Phi) is 4.63. The number of hydrogen-bond acceptors (Lipinski definition) is 0. The molecular weight excluding hydrogens is 318 g/mol. The fourth-order valence-electron chi connectivity index (χ4n) is 3.48. The molecule has 0 bridgehead atoms. The number of hydrogen-bond donors (Lipinski definition) is 0. The zero-order valence-corrected chi connectivity index (χ0v) is 12.5. The van der Waals surface area contributed by atoms with Crippen molar-refractivity contribution in [3.8, 4) is 0 Å². The summed E-state index contributed by atoms with van der Waals surface area (Å²) in [5.41, 5.74) is 0. The van der Waals surface area contributed by atoms with Crippen molar-refractivity contribution in [1.82, 2.24) is 0 Å². The minimum Gasteiger partial charge on any atom is -0.123 e. The van der Waals surface area contributed by atoms with Crippen LogP contribution in [0.3, 0.4) is 0 Å². The maximum Gasteiger partial charge on any atom is 0.0348 e. The molecule has 5 atom stereocenters. The van der Waals surface area contributed by atoms with Gasteiger partial charge in [-0.1, -0.05) is 48.8 Å². The summed E-state index contributed by atoms with van der Waals surface area (Å²) in [4.78, 5) is 0. The maximum absolute atomic E-state index is 6.32. The van der Waals surface area contributed by atoms with Crippen LogP contribution in [0, 0.1) is 17.8 Å². The Morgan fingerprint density at radius 2 is 2.00 bits per heavy atom. The van der Waals surface area contributed by atoms with E-state index in [-0.39, 0.29) is 0 Å². The second-order valence-corrected chi connectivity index (χ2v) is 8.05. The molecule has 2 saturated carbocycles. The minimum absolute atomic E-state index is 0.461. The van der Waals surface area contributed by atoms with Crippen molar-refractivity contribution < 1.29 is 0 Å². The molecule has 0 aromatic rings. The average molecular weight is 341 g/mol. The fraction of sp³-hybridized carbons (Fsp3) is 1.00. The molecule has 0 saturated heterocycles. The third-order valence-corrected chi connectivity index (χ3v) is 5.74. The summed E-state index contributed by atoms with van der Waals surface area (Å²) in [5.74, 6) is 2.92. The molecular formula is C13H22ClI. The normalized spacial score (nSPS) is 47.0. The summed E-state index contributed by atoms with van der Waals surface area (Å²) in [6.45, 7) is 2.44. The predicted octanol–water partition coefficient (Wildman–Crippen LogP) is 5.02. The largest absolute Gasteiger partial charge is 0.123 e. The molecule has 2 heteroatoms. The summed E-state index contributed by atoms with van der Waals surface area (Å²) in [6.07, 6.45) is 9.82. The van der Waals surface area contributed by atoms with Crippen molar-refractivity contribution in [3.05, 3.63) is 0 Å². The van der Waals surface area contributed by atoms with Gasteiger partial charge in [-0.2, -0.15) is 0 Å². The minimum atomic E-state index is 0.461. The van der Waals surface area contributed by atoms with Gasteiger partial charge in [0.25, 0.3) is 0 Å². The number of alkyl halides is 2. The fourth-order valence-corrected chi connectivity index (χ4v) is 5.58. The molecule has 0 spiro atoms. The van der Waals surface area contributed by atoms with Crippen LogP contribution in [-0.2, 0) is 0 Å². The van der Waals surface area contributed by atoms with Gasteiger partial charge in [-0.05, 0) is 43.4 Å². The highest BCUT2D eigenvalue weighted by atomic mass is 127. The highest BCUT2D eigenvalue weighted by Gasteiger charge is 2.31. The first kappa shape index (κ1) is 12.5. The molecule has 0 aromatic heterocycles. The third kappa shape index (κ3) is 3.49. The SMILES string of the molecule is CC1CCCC1CC1CC(Cl)CC(I)C1. The van der Waals surface area contributed by atoms with Crippen LogP contribution in [0.5, 0.6) is 0 Å². The summed E-state index contributed by atoms with van der Waals surface area (Å²) >= 11 is 8.92. The van der Waals surface area contributed by atoms with Crippen LogP contribution in [0.4, 0.5) is 0 Å². The standard InChI is InChI=1S/C13H22ClI/c1-9-3-2-4-11(9)5-10-6-12(14)8-13(15)7-10/h9-13H,2-8H2,1H3. The molecule has 0 radical (unpaired) electrons. The predicted molar refractivity (Wildman–Crippen MR) is 75.9 cm³/mol. The molecule has 15 heavy (non-hydrogen) atoms. The first-order valence-electron chi connectivity index (χ1n) is 6.43. The summed E-state index contributed by atoms with van der Waals surface area (Å²) in [5, 5.41) is 0.461. The molecule has 0 aliphatic heterocycles. The lowest BCUT2D eigenvalue weighted by Gasteiger charge is -2.31. The highest BCUT2D eigenvalue weighted by Crippen LogP contribution is 2.41. The maximum atomic E-state index is 6.32. The van der Waals surface area contributed by atoms with Crippen molar-refractivity contribution in [2.24, 2.45) is 17.8 Å². The number of halogens is 2. The van der Waals surface area contributed by atoms with E-state index in [1.807, 2.05) is 0 Å².